The van der Waals surface area contributed by atoms with Gasteiger partial charge in [0.2, 0.25) is 0 Å². The van der Waals surface area contributed by atoms with Crippen molar-refractivity contribution in [2.45, 2.75) is 71.0 Å². The van der Waals surface area contributed by atoms with Gasteiger partial charge in [0.05, 0.1) is 19.3 Å². The van der Waals surface area contributed by atoms with Crippen LogP contribution in [0.4, 0.5) is 0 Å². The molecule has 6 atom stereocenters. The molecule has 128 valence electrons. The molecule has 2 N–H and O–H groups in total. The van der Waals surface area contributed by atoms with E-state index in [9.17, 15) is 10.2 Å². The van der Waals surface area contributed by atoms with Crippen LogP contribution in [-0.4, -0.2) is 29.5 Å². The minimum absolute atomic E-state index is 0.0193. The van der Waals surface area contributed by atoms with Crippen LogP contribution < -0.4 is 0 Å². The SMILES string of the molecule is COC1=C2[C@@H]3CC[C@H](O)[C@@]3(C)CC[C@@H]2[C@@]2(C)CC[C@H](O)CC2=C1. The van der Waals surface area contributed by atoms with Gasteiger partial charge in [-0.25, -0.2) is 0 Å². The number of hydrogen-bond donors (Lipinski definition) is 2. The molecule has 4 rings (SSSR count). The van der Waals surface area contributed by atoms with Crippen molar-refractivity contribution in [2.24, 2.45) is 22.7 Å². The molecule has 3 saturated carbocycles. The second-order valence-electron chi connectivity index (χ2n) is 8.75. The van der Waals surface area contributed by atoms with Crippen molar-refractivity contribution in [1.29, 1.82) is 0 Å². The Morgan fingerprint density at radius 1 is 1.04 bits per heavy atom. The summed E-state index contributed by atoms with van der Waals surface area (Å²) in [6, 6.07) is 0. The number of fused-ring (bicyclic) bond motifs is 5. The largest absolute Gasteiger partial charge is 0.497 e. The lowest BCUT2D eigenvalue weighted by atomic mass is 9.51. The van der Waals surface area contributed by atoms with Crippen molar-refractivity contribution in [1.82, 2.24) is 0 Å². The van der Waals surface area contributed by atoms with Gasteiger partial charge in [-0.2, -0.15) is 0 Å². The highest BCUT2D eigenvalue weighted by Gasteiger charge is 2.57. The van der Waals surface area contributed by atoms with E-state index in [1.165, 1.54) is 11.1 Å². The van der Waals surface area contributed by atoms with Crippen molar-refractivity contribution in [2.75, 3.05) is 7.11 Å². The van der Waals surface area contributed by atoms with Crippen LogP contribution in [0.15, 0.2) is 23.0 Å². The van der Waals surface area contributed by atoms with Crippen LogP contribution in [0.3, 0.4) is 0 Å². The summed E-state index contributed by atoms with van der Waals surface area (Å²) in [6.45, 7) is 4.67. The maximum atomic E-state index is 10.6. The molecule has 0 radical (unpaired) electrons. The summed E-state index contributed by atoms with van der Waals surface area (Å²) in [5, 5.41) is 20.7. The molecule has 3 fully saturated rings. The van der Waals surface area contributed by atoms with Crippen LogP contribution in [0.2, 0.25) is 0 Å². The highest BCUT2D eigenvalue weighted by Crippen LogP contribution is 2.64. The Morgan fingerprint density at radius 3 is 2.57 bits per heavy atom. The van der Waals surface area contributed by atoms with E-state index in [1.807, 2.05) is 0 Å². The van der Waals surface area contributed by atoms with Crippen LogP contribution in [0, 0.1) is 22.7 Å². The minimum Gasteiger partial charge on any atom is -0.497 e. The number of aliphatic hydroxyl groups excluding tert-OH is 2. The van der Waals surface area contributed by atoms with Crippen LogP contribution in [0.1, 0.15) is 58.8 Å². The number of allylic oxidation sites excluding steroid dienone is 2. The maximum absolute atomic E-state index is 10.6. The van der Waals surface area contributed by atoms with Gasteiger partial charge in [-0.15, -0.1) is 0 Å². The Balaban J connectivity index is 1.83. The number of aliphatic hydroxyl groups is 2. The van der Waals surface area contributed by atoms with Crippen molar-refractivity contribution in [3.8, 4) is 0 Å². The summed E-state index contributed by atoms with van der Waals surface area (Å²) in [4.78, 5) is 0. The highest BCUT2D eigenvalue weighted by atomic mass is 16.5. The van der Waals surface area contributed by atoms with Gasteiger partial charge in [-0.1, -0.05) is 19.4 Å². The standard InChI is InChI=1S/C20H30O3/c1-19-8-6-13(21)10-12(19)11-16(23-3)18-14-4-5-17(22)20(14,2)9-7-15(18)19/h11,13-15,17,21-22H,4-10H2,1-3H3/t13-,14-,15-,17-,19-,20-/m0/s1. The lowest BCUT2D eigenvalue weighted by molar-refractivity contribution is -0.00248. The molecule has 4 aliphatic carbocycles. The minimum atomic E-state index is -0.198. The third-order valence-electron chi connectivity index (χ3n) is 7.77. The monoisotopic (exact) mass is 318 g/mol. The van der Waals surface area contributed by atoms with Gasteiger partial charge in [0.15, 0.2) is 0 Å². The Hall–Kier alpha value is -0.800. The molecule has 23 heavy (non-hydrogen) atoms. The van der Waals surface area contributed by atoms with Crippen molar-refractivity contribution in [3.05, 3.63) is 23.0 Å². The van der Waals surface area contributed by atoms with Crippen LogP contribution in [-0.2, 0) is 4.74 Å². The Bertz CT molecular complexity index is 577. The zero-order valence-corrected chi connectivity index (χ0v) is 14.6. The van der Waals surface area contributed by atoms with Gasteiger partial charge in [0, 0.05) is 5.41 Å². The Labute approximate surface area is 139 Å². The lowest BCUT2D eigenvalue weighted by Crippen LogP contribution is -2.47. The molecule has 0 aliphatic heterocycles. The number of hydrogen-bond acceptors (Lipinski definition) is 3. The first-order valence-corrected chi connectivity index (χ1v) is 9.25. The van der Waals surface area contributed by atoms with Gasteiger partial charge in [-0.3, -0.25) is 0 Å². The molecule has 0 bridgehead atoms. The molecule has 0 unspecified atom stereocenters. The first-order valence-electron chi connectivity index (χ1n) is 9.25. The second-order valence-corrected chi connectivity index (χ2v) is 8.75. The second kappa shape index (κ2) is 5.10. The summed E-state index contributed by atoms with van der Waals surface area (Å²) in [5.41, 5.74) is 3.04. The fraction of sp³-hybridized carbons (Fsp3) is 0.800. The van der Waals surface area contributed by atoms with E-state index < -0.39 is 0 Å². The summed E-state index contributed by atoms with van der Waals surface area (Å²) in [5.74, 6) is 2.00. The van der Waals surface area contributed by atoms with Gasteiger partial charge in [-0.05, 0) is 73.8 Å². The molecule has 3 nitrogen and oxygen atoms in total. The molecule has 0 spiro atoms. The molecule has 0 aromatic rings. The van der Waals surface area contributed by atoms with E-state index in [-0.39, 0.29) is 23.0 Å². The molecule has 4 aliphatic rings. The summed E-state index contributed by atoms with van der Waals surface area (Å²) < 4.78 is 5.82. The average Bonchev–Trinajstić information content (AvgIpc) is 2.83. The molecule has 0 heterocycles. The van der Waals surface area contributed by atoms with E-state index in [0.717, 1.165) is 50.7 Å². The Kier molecular flexibility index (Phi) is 3.48. The third kappa shape index (κ3) is 2.02. The zero-order chi connectivity index (χ0) is 16.4. The van der Waals surface area contributed by atoms with Crippen LogP contribution >= 0.6 is 0 Å². The fourth-order valence-electron chi connectivity index (χ4n) is 6.18. The number of rotatable bonds is 1. The molecule has 0 aromatic heterocycles. The average molecular weight is 318 g/mol. The van der Waals surface area contributed by atoms with E-state index >= 15 is 0 Å². The quantitative estimate of drug-likeness (QED) is 0.777. The van der Waals surface area contributed by atoms with E-state index in [2.05, 4.69) is 19.9 Å². The molecular formula is C20H30O3. The zero-order valence-electron chi connectivity index (χ0n) is 14.6. The van der Waals surface area contributed by atoms with Gasteiger partial charge in [0.1, 0.15) is 5.76 Å². The maximum Gasteiger partial charge on any atom is 0.118 e. The molecule has 0 saturated heterocycles. The van der Waals surface area contributed by atoms with Gasteiger partial charge < -0.3 is 14.9 Å². The van der Waals surface area contributed by atoms with Crippen molar-refractivity contribution < 1.29 is 14.9 Å². The first-order chi connectivity index (χ1) is 10.9. The molecule has 0 amide bonds. The summed E-state index contributed by atoms with van der Waals surface area (Å²) >= 11 is 0. The molecule has 3 heteroatoms. The normalized spacial score (nSPS) is 49.2. The first kappa shape index (κ1) is 15.7. The van der Waals surface area contributed by atoms with Gasteiger partial charge >= 0.3 is 0 Å². The Morgan fingerprint density at radius 2 is 1.83 bits per heavy atom. The summed E-state index contributed by atoms with van der Waals surface area (Å²) in [7, 11) is 1.77. The van der Waals surface area contributed by atoms with Gasteiger partial charge in [0.25, 0.3) is 0 Å². The number of ether oxygens (including phenoxy) is 1. The van der Waals surface area contributed by atoms with Crippen LogP contribution in [0.25, 0.3) is 0 Å². The fourth-order valence-corrected chi connectivity index (χ4v) is 6.18. The number of methoxy groups -OCH3 is 1. The van der Waals surface area contributed by atoms with E-state index in [0.29, 0.717) is 11.8 Å². The predicted octanol–water partition coefficient (Wildman–Crippen LogP) is 3.57. The predicted molar refractivity (Wildman–Crippen MR) is 89.6 cm³/mol. The molecule has 0 aromatic carbocycles. The topological polar surface area (TPSA) is 49.7 Å². The van der Waals surface area contributed by atoms with E-state index in [1.54, 1.807) is 7.11 Å². The smallest absolute Gasteiger partial charge is 0.118 e. The van der Waals surface area contributed by atoms with Crippen molar-refractivity contribution in [3.63, 3.8) is 0 Å². The van der Waals surface area contributed by atoms with Crippen molar-refractivity contribution >= 4 is 0 Å². The lowest BCUT2D eigenvalue weighted by Gasteiger charge is -2.54. The summed E-state index contributed by atoms with van der Waals surface area (Å²) in [6.07, 6.45) is 8.86. The third-order valence-corrected chi connectivity index (χ3v) is 7.77. The highest BCUT2D eigenvalue weighted by molar-refractivity contribution is 5.42. The molecular weight excluding hydrogens is 288 g/mol. The van der Waals surface area contributed by atoms with Crippen LogP contribution in [0.5, 0.6) is 0 Å². The van der Waals surface area contributed by atoms with E-state index in [4.69, 9.17) is 4.74 Å².